The highest BCUT2D eigenvalue weighted by atomic mass is 79.9. The number of nitrogens with one attached hydrogen (secondary N) is 2. The van der Waals surface area contributed by atoms with E-state index >= 15 is 0 Å². The molecule has 0 radical (unpaired) electrons. The van der Waals surface area contributed by atoms with Crippen LogP contribution in [0, 0.1) is 0 Å². The summed E-state index contributed by atoms with van der Waals surface area (Å²) in [7, 11) is 0. The van der Waals surface area contributed by atoms with E-state index < -0.39 is 11.9 Å². The average Bonchev–Trinajstić information content (AvgIpc) is 3.60. The van der Waals surface area contributed by atoms with Gasteiger partial charge in [-0.3, -0.25) is 14.4 Å². The molecule has 6 rings (SSSR count). The lowest BCUT2D eigenvalue weighted by molar-refractivity contribution is -0.137. The molecular formula is C42H50Br2N4O6. The zero-order chi connectivity index (χ0) is 38.8. The van der Waals surface area contributed by atoms with E-state index in [1.54, 1.807) is 28.9 Å². The maximum atomic E-state index is 12.6. The number of aromatic nitrogens is 2. The minimum Gasteiger partial charge on any atom is -0.480 e. The summed E-state index contributed by atoms with van der Waals surface area (Å²) in [5.41, 5.74) is 4.75. The summed E-state index contributed by atoms with van der Waals surface area (Å²) >= 11 is 7.38. The first-order valence-electron chi connectivity index (χ1n) is 18.9. The Kier molecular flexibility index (Phi) is 14.8. The quantitative estimate of drug-likeness (QED) is 0.0735. The van der Waals surface area contributed by atoms with Crippen LogP contribution in [0.1, 0.15) is 121 Å². The van der Waals surface area contributed by atoms with Gasteiger partial charge in [0.2, 0.25) is 5.91 Å². The summed E-state index contributed by atoms with van der Waals surface area (Å²) in [5.74, 6) is -1.24. The van der Waals surface area contributed by atoms with Crippen LogP contribution in [0.2, 0.25) is 0 Å². The second kappa shape index (κ2) is 19.4. The Labute approximate surface area is 333 Å². The molecular weight excluding hydrogens is 816 g/mol. The first-order chi connectivity index (χ1) is 26.0. The van der Waals surface area contributed by atoms with E-state index in [2.05, 4.69) is 55.7 Å². The molecule has 0 saturated heterocycles. The predicted octanol–water partition coefficient (Wildman–Crippen LogP) is 9.68. The molecule has 0 bridgehead atoms. The summed E-state index contributed by atoms with van der Waals surface area (Å²) in [6.07, 6.45) is 16.9. The number of benzene rings is 2. The lowest BCUT2D eigenvalue weighted by Crippen LogP contribution is -2.28. The first kappa shape index (κ1) is 41.0. The Hall–Kier alpha value is -4.16. The first-order valence-corrected chi connectivity index (χ1v) is 20.5. The molecule has 2 aliphatic carbocycles. The Morgan fingerprint density at radius 1 is 0.685 bits per heavy atom. The fraction of sp³-hybridized carbons (Fsp3) is 0.429. The van der Waals surface area contributed by atoms with E-state index in [1.165, 1.54) is 44.1 Å². The van der Waals surface area contributed by atoms with Crippen molar-refractivity contribution >= 4 is 77.4 Å². The standard InChI is InChI=1S/C25H32BrN3O2.C17H18BrNO4/c1-3-5-14-27-22(30)17-29-21-16-19(25(31)28-15-6-4-2)12-13-20(21)23(24(29)26)18-10-8-7-9-11-18;18-16-15(10-4-2-1-3-5-10)12-7-6-11(17(22)23)8-13(12)19(16)9-14(20)21/h3-4,12-13,16,18H,1-2,5-11,14-15,17H2,(H,27,30)(H,28,31);6-8,10H,1-5,9H2,(H,20,21)(H,22,23). The normalized spacial score (nSPS) is 15.0. The fourth-order valence-corrected chi connectivity index (χ4v) is 9.58. The molecule has 0 aliphatic heterocycles. The highest BCUT2D eigenvalue weighted by Gasteiger charge is 2.27. The third-order valence-electron chi connectivity index (χ3n) is 10.5. The van der Waals surface area contributed by atoms with Crippen LogP contribution in [-0.4, -0.2) is 56.2 Å². The number of carboxylic acid groups (broad SMARTS) is 2. The molecule has 2 heterocycles. The zero-order valence-electron chi connectivity index (χ0n) is 30.7. The minimum absolute atomic E-state index is 0.0459. The van der Waals surface area contributed by atoms with Crippen LogP contribution in [0.5, 0.6) is 0 Å². The maximum absolute atomic E-state index is 12.6. The van der Waals surface area contributed by atoms with Gasteiger partial charge in [-0.15, -0.1) is 13.2 Å². The SMILES string of the molecule is C=CCCNC(=O)Cn1c(Br)c(C2CCCCC2)c2ccc(C(=O)NCCC=C)cc21.O=C(O)Cn1c(Br)c(C2CCCCC2)c2ccc(C(=O)O)cc21. The van der Waals surface area contributed by atoms with E-state index in [9.17, 15) is 29.4 Å². The van der Waals surface area contributed by atoms with Gasteiger partial charge in [-0.1, -0.05) is 62.8 Å². The van der Waals surface area contributed by atoms with E-state index in [0.717, 1.165) is 69.6 Å². The number of carbonyl (C=O) groups excluding carboxylic acids is 2. The number of aromatic carboxylic acids is 1. The lowest BCUT2D eigenvalue weighted by atomic mass is 9.84. The summed E-state index contributed by atoms with van der Waals surface area (Å²) in [6.45, 7) is 8.55. The van der Waals surface area contributed by atoms with E-state index in [-0.39, 0.29) is 30.5 Å². The Bertz CT molecular complexity index is 2020. The van der Waals surface area contributed by atoms with Crippen LogP contribution in [0.3, 0.4) is 0 Å². The number of carbonyl (C=O) groups is 4. The number of halogens is 2. The van der Waals surface area contributed by atoms with Crippen molar-refractivity contribution in [2.75, 3.05) is 13.1 Å². The second-order valence-electron chi connectivity index (χ2n) is 14.2. The molecule has 0 unspecified atom stereocenters. The Balaban J connectivity index is 0.000000217. The molecule has 2 aromatic carbocycles. The van der Waals surface area contributed by atoms with Crippen molar-refractivity contribution in [2.24, 2.45) is 0 Å². The average molecular weight is 867 g/mol. The second-order valence-corrected chi connectivity index (χ2v) is 15.7. The number of hydrogen-bond acceptors (Lipinski definition) is 4. The van der Waals surface area contributed by atoms with E-state index in [4.69, 9.17) is 0 Å². The van der Waals surface area contributed by atoms with E-state index in [0.29, 0.717) is 36.0 Å². The fourth-order valence-electron chi connectivity index (χ4n) is 7.87. The van der Waals surface area contributed by atoms with Crippen molar-refractivity contribution in [1.82, 2.24) is 19.8 Å². The number of aliphatic carboxylic acids is 1. The molecule has 288 valence electrons. The van der Waals surface area contributed by atoms with Crippen molar-refractivity contribution in [2.45, 2.75) is 102 Å². The van der Waals surface area contributed by atoms with Crippen molar-refractivity contribution in [3.63, 3.8) is 0 Å². The molecule has 2 aromatic heterocycles. The molecule has 12 heteroatoms. The topological polar surface area (TPSA) is 143 Å². The third-order valence-corrected chi connectivity index (χ3v) is 12.2. The smallest absolute Gasteiger partial charge is 0.335 e. The van der Waals surface area contributed by atoms with Gasteiger partial charge in [-0.25, -0.2) is 4.79 Å². The summed E-state index contributed by atoms with van der Waals surface area (Å²) in [6, 6.07) is 10.8. The number of hydrogen-bond donors (Lipinski definition) is 4. The molecule has 2 fully saturated rings. The highest BCUT2D eigenvalue weighted by molar-refractivity contribution is 9.10. The monoisotopic (exact) mass is 864 g/mol. The largest absolute Gasteiger partial charge is 0.480 e. The molecule has 0 spiro atoms. The van der Waals surface area contributed by atoms with Crippen molar-refractivity contribution in [3.8, 4) is 0 Å². The van der Waals surface area contributed by atoms with Crippen LogP contribution in [-0.2, 0) is 22.7 Å². The number of carboxylic acids is 2. The molecule has 0 atom stereocenters. The van der Waals surface area contributed by atoms with Crippen LogP contribution >= 0.6 is 31.9 Å². The molecule has 4 N–H and O–H groups in total. The van der Waals surface area contributed by atoms with Gasteiger partial charge in [0.25, 0.3) is 5.91 Å². The highest BCUT2D eigenvalue weighted by Crippen LogP contribution is 2.44. The third kappa shape index (κ3) is 9.73. The predicted molar refractivity (Wildman–Crippen MR) is 220 cm³/mol. The minimum atomic E-state index is -1.01. The van der Waals surface area contributed by atoms with Crippen molar-refractivity contribution in [3.05, 3.63) is 93.2 Å². The van der Waals surface area contributed by atoms with Gasteiger partial charge in [-0.05, 0) is 118 Å². The number of fused-ring (bicyclic) bond motifs is 2. The van der Waals surface area contributed by atoms with Crippen molar-refractivity contribution in [1.29, 1.82) is 0 Å². The maximum Gasteiger partial charge on any atom is 0.335 e. The van der Waals surface area contributed by atoms with Gasteiger partial charge in [0.05, 0.1) is 25.8 Å². The molecule has 54 heavy (non-hydrogen) atoms. The molecule has 2 amide bonds. The van der Waals surface area contributed by atoms with Gasteiger partial charge >= 0.3 is 11.9 Å². The van der Waals surface area contributed by atoms with Crippen LogP contribution in [0.15, 0.2) is 70.9 Å². The van der Waals surface area contributed by atoms with Gasteiger partial charge in [-0.2, -0.15) is 0 Å². The number of nitrogens with zero attached hydrogens (tertiary/aromatic N) is 2. The van der Waals surface area contributed by atoms with Gasteiger partial charge in [0, 0.05) is 29.4 Å². The Morgan fingerprint density at radius 3 is 1.63 bits per heavy atom. The van der Waals surface area contributed by atoms with Crippen LogP contribution in [0.25, 0.3) is 21.8 Å². The van der Waals surface area contributed by atoms with Crippen LogP contribution < -0.4 is 10.6 Å². The molecule has 2 saturated carbocycles. The lowest BCUT2D eigenvalue weighted by Gasteiger charge is -2.22. The van der Waals surface area contributed by atoms with Crippen molar-refractivity contribution < 1.29 is 29.4 Å². The molecule has 10 nitrogen and oxygen atoms in total. The van der Waals surface area contributed by atoms with Gasteiger partial charge in [0.15, 0.2) is 0 Å². The summed E-state index contributed by atoms with van der Waals surface area (Å²) < 4.78 is 5.39. The summed E-state index contributed by atoms with van der Waals surface area (Å²) in [4.78, 5) is 47.6. The van der Waals surface area contributed by atoms with Gasteiger partial charge < -0.3 is 30.0 Å². The zero-order valence-corrected chi connectivity index (χ0v) is 33.9. The summed E-state index contributed by atoms with van der Waals surface area (Å²) in [5, 5.41) is 26.3. The van der Waals surface area contributed by atoms with E-state index in [1.807, 2.05) is 28.8 Å². The Morgan fingerprint density at radius 2 is 1.15 bits per heavy atom. The number of rotatable bonds is 14. The molecule has 2 aliphatic rings. The molecule has 4 aromatic rings. The van der Waals surface area contributed by atoms with Crippen LogP contribution in [0.4, 0.5) is 0 Å². The van der Waals surface area contributed by atoms with Gasteiger partial charge in [0.1, 0.15) is 13.1 Å². The number of amides is 2.